The largest absolute Gasteiger partial charge is 0.416 e. The lowest BCUT2D eigenvalue weighted by Gasteiger charge is -2.46. The third-order valence-corrected chi connectivity index (χ3v) is 6.19. The van der Waals surface area contributed by atoms with Crippen molar-refractivity contribution in [2.24, 2.45) is 0 Å². The molecule has 1 aliphatic rings. The van der Waals surface area contributed by atoms with Crippen LogP contribution in [0.4, 0.5) is 37.7 Å². The Morgan fingerprint density at radius 1 is 0.886 bits per heavy atom. The smallest absolute Gasteiger partial charge is 0.382 e. The molecule has 3 aromatic rings. The first-order chi connectivity index (χ1) is 16.4. The van der Waals surface area contributed by atoms with Crippen molar-refractivity contribution >= 4 is 23.0 Å². The first kappa shape index (κ1) is 25.2. The van der Waals surface area contributed by atoms with Crippen molar-refractivity contribution in [2.75, 3.05) is 22.9 Å². The van der Waals surface area contributed by atoms with Crippen LogP contribution in [0, 0.1) is 0 Å². The number of benzene rings is 3. The summed E-state index contributed by atoms with van der Waals surface area (Å²) in [5.74, 6) is 0. The zero-order valence-electron chi connectivity index (χ0n) is 18.2. The van der Waals surface area contributed by atoms with Gasteiger partial charge in [-0.3, -0.25) is 0 Å². The fourth-order valence-corrected chi connectivity index (χ4v) is 4.36. The van der Waals surface area contributed by atoms with E-state index < -0.39 is 36.6 Å². The molecule has 0 fully saturated rings. The summed E-state index contributed by atoms with van der Waals surface area (Å²) in [6.45, 7) is -0.360. The van der Waals surface area contributed by atoms with E-state index in [4.69, 9.17) is 11.6 Å². The van der Waals surface area contributed by atoms with E-state index in [-0.39, 0.29) is 12.1 Å². The molecule has 0 aromatic heterocycles. The lowest BCUT2D eigenvalue weighted by atomic mass is 9.96. The number of rotatable bonds is 5. The summed E-state index contributed by atoms with van der Waals surface area (Å²) in [5.41, 5.74) is 1.17. The molecule has 2 atom stereocenters. The predicted octanol–water partition coefficient (Wildman–Crippen LogP) is 6.85. The van der Waals surface area contributed by atoms with E-state index in [2.05, 4.69) is 0 Å². The van der Waals surface area contributed by atoms with Crippen LogP contribution < -0.4 is 9.80 Å². The Morgan fingerprint density at radius 3 is 2.17 bits per heavy atom. The van der Waals surface area contributed by atoms with Gasteiger partial charge in [0.25, 0.3) is 0 Å². The summed E-state index contributed by atoms with van der Waals surface area (Å²) in [5, 5.41) is 10.4. The molecule has 1 heterocycles. The van der Waals surface area contributed by atoms with Crippen LogP contribution in [0.5, 0.6) is 0 Å². The molecule has 0 radical (unpaired) electrons. The van der Waals surface area contributed by atoms with Gasteiger partial charge in [-0.05, 0) is 47.5 Å². The average molecular weight is 515 g/mol. The second kappa shape index (κ2) is 9.62. The van der Waals surface area contributed by atoms with Gasteiger partial charge in [0.2, 0.25) is 0 Å². The van der Waals surface area contributed by atoms with E-state index in [9.17, 15) is 31.4 Å². The molecular weight excluding hydrogens is 494 g/mol. The van der Waals surface area contributed by atoms with Gasteiger partial charge in [0, 0.05) is 18.1 Å². The molecule has 0 saturated carbocycles. The number of aliphatic hydroxyl groups excluding tert-OH is 1. The minimum atomic E-state index is -4.88. The predicted molar refractivity (Wildman–Crippen MR) is 123 cm³/mol. The van der Waals surface area contributed by atoms with Crippen LogP contribution in [0.3, 0.4) is 0 Å². The zero-order chi connectivity index (χ0) is 25.4. The summed E-state index contributed by atoms with van der Waals surface area (Å²) < 4.78 is 80.1. The van der Waals surface area contributed by atoms with Gasteiger partial charge in [0.1, 0.15) is 0 Å². The molecule has 35 heavy (non-hydrogen) atoms. The summed E-state index contributed by atoms with van der Waals surface area (Å²) in [6.07, 6.45) is -12.2. The highest BCUT2D eigenvalue weighted by Gasteiger charge is 2.42. The van der Waals surface area contributed by atoms with Crippen molar-refractivity contribution in [1.29, 1.82) is 0 Å². The number of nitrogens with zero attached hydrogens (tertiary/aromatic N) is 2. The van der Waals surface area contributed by atoms with Crippen LogP contribution in [0.1, 0.15) is 22.7 Å². The first-order valence-corrected chi connectivity index (χ1v) is 11.1. The highest BCUT2D eigenvalue weighted by atomic mass is 35.5. The fourth-order valence-electron chi connectivity index (χ4n) is 4.23. The Kier molecular flexibility index (Phi) is 6.92. The number of hydrogen-bond acceptors (Lipinski definition) is 3. The quantitative estimate of drug-likeness (QED) is 0.377. The van der Waals surface area contributed by atoms with E-state index in [0.29, 0.717) is 22.9 Å². The minimum Gasteiger partial charge on any atom is -0.382 e. The Hall–Kier alpha value is -2.91. The lowest BCUT2D eigenvalue weighted by Crippen LogP contribution is -2.49. The second-order valence-electron chi connectivity index (χ2n) is 8.34. The van der Waals surface area contributed by atoms with Crippen molar-refractivity contribution in [3.05, 3.63) is 94.5 Å². The van der Waals surface area contributed by atoms with E-state index >= 15 is 0 Å². The van der Waals surface area contributed by atoms with E-state index in [1.54, 1.807) is 36.4 Å². The molecule has 3 aromatic carbocycles. The van der Waals surface area contributed by atoms with Crippen molar-refractivity contribution in [3.63, 3.8) is 0 Å². The monoisotopic (exact) mass is 514 g/mol. The lowest BCUT2D eigenvalue weighted by molar-refractivity contribution is -0.200. The van der Waals surface area contributed by atoms with Crippen molar-refractivity contribution in [2.45, 2.75) is 31.0 Å². The highest BCUT2D eigenvalue weighted by molar-refractivity contribution is 6.30. The number of hydrogen-bond donors (Lipinski definition) is 1. The molecule has 0 aliphatic carbocycles. The van der Waals surface area contributed by atoms with Crippen LogP contribution in [0.2, 0.25) is 5.02 Å². The Labute approximate surface area is 203 Å². The molecule has 10 heteroatoms. The second-order valence-corrected chi connectivity index (χ2v) is 8.78. The Bertz CT molecular complexity index is 1170. The summed E-state index contributed by atoms with van der Waals surface area (Å²) in [4.78, 5) is 3.24. The molecule has 0 spiro atoms. The molecule has 0 saturated heterocycles. The van der Waals surface area contributed by atoms with Gasteiger partial charge in [-0.2, -0.15) is 26.3 Å². The van der Waals surface area contributed by atoms with Gasteiger partial charge < -0.3 is 14.9 Å². The zero-order valence-corrected chi connectivity index (χ0v) is 18.9. The molecule has 0 bridgehead atoms. The maximum atomic E-state index is 13.4. The number of anilines is 2. The van der Waals surface area contributed by atoms with Crippen LogP contribution >= 0.6 is 11.6 Å². The molecule has 1 aliphatic heterocycles. The maximum Gasteiger partial charge on any atom is 0.416 e. The molecule has 0 amide bonds. The van der Waals surface area contributed by atoms with Crippen LogP contribution in [-0.4, -0.2) is 30.5 Å². The summed E-state index contributed by atoms with van der Waals surface area (Å²) >= 11 is 5.97. The number of alkyl halides is 6. The number of aliphatic hydroxyl groups is 1. The summed E-state index contributed by atoms with van der Waals surface area (Å²) in [6, 6.07) is 17.4. The van der Waals surface area contributed by atoms with E-state index in [0.717, 1.165) is 17.7 Å². The topological polar surface area (TPSA) is 26.7 Å². The fraction of sp³-hybridized carbons (Fsp3) is 0.280. The third-order valence-electron chi connectivity index (χ3n) is 5.93. The first-order valence-electron chi connectivity index (χ1n) is 10.7. The molecule has 1 unspecified atom stereocenters. The van der Waals surface area contributed by atoms with Gasteiger partial charge in [0.05, 0.1) is 29.5 Å². The van der Waals surface area contributed by atoms with Gasteiger partial charge >= 0.3 is 12.4 Å². The average Bonchev–Trinajstić information content (AvgIpc) is 2.80. The summed E-state index contributed by atoms with van der Waals surface area (Å²) in [7, 11) is 0. The standard InChI is InChI=1S/C25H21ClF6N2O/c26-19-10-8-16(9-11-19)13-33-14-22(17-4-3-5-18(12-17)24(27,28)29)34(15-23(35)25(30,31)32)21-7-2-1-6-20(21)33/h1-12,22-23,35H,13-15H2/t22?,23-/m1/s1. The highest BCUT2D eigenvalue weighted by Crippen LogP contribution is 2.43. The molecule has 186 valence electrons. The normalized spacial score (nSPS) is 17.3. The van der Waals surface area contributed by atoms with E-state index in [1.165, 1.54) is 17.0 Å². The van der Waals surface area contributed by atoms with Gasteiger partial charge in [-0.25, -0.2) is 0 Å². The SMILES string of the molecule is O[C@H](CN1c2ccccc2N(Cc2ccc(Cl)cc2)CC1c1cccc(C(F)(F)F)c1)C(F)(F)F. The van der Waals surface area contributed by atoms with Gasteiger partial charge in [0.15, 0.2) is 6.10 Å². The molecular formula is C25H21ClF6N2O. The maximum absolute atomic E-state index is 13.4. The Morgan fingerprint density at radius 2 is 1.54 bits per heavy atom. The minimum absolute atomic E-state index is 0.103. The van der Waals surface area contributed by atoms with Crippen LogP contribution in [0.15, 0.2) is 72.8 Å². The number of fused-ring (bicyclic) bond motifs is 1. The number of β-amino-alcohol motifs (C(OH)–C–C–N with tert-alkyl or cyclic N) is 1. The van der Waals surface area contributed by atoms with Crippen LogP contribution in [-0.2, 0) is 12.7 Å². The molecule has 4 rings (SSSR count). The van der Waals surface area contributed by atoms with Gasteiger partial charge in [-0.15, -0.1) is 0 Å². The number of halogens is 7. The third kappa shape index (κ3) is 5.67. The Balaban J connectivity index is 1.79. The number of para-hydroxylation sites is 2. The van der Waals surface area contributed by atoms with Crippen LogP contribution in [0.25, 0.3) is 0 Å². The van der Waals surface area contributed by atoms with Crippen molar-refractivity contribution in [3.8, 4) is 0 Å². The van der Waals surface area contributed by atoms with E-state index in [1.807, 2.05) is 17.0 Å². The van der Waals surface area contributed by atoms with Gasteiger partial charge in [-0.1, -0.05) is 48.0 Å². The van der Waals surface area contributed by atoms with Crippen molar-refractivity contribution < 1.29 is 31.4 Å². The molecule has 3 nitrogen and oxygen atoms in total. The van der Waals surface area contributed by atoms with Crippen molar-refractivity contribution in [1.82, 2.24) is 0 Å². The molecule has 1 N–H and O–H groups in total.